The van der Waals surface area contributed by atoms with Crippen molar-refractivity contribution in [3.8, 4) is 17.2 Å². The highest BCUT2D eigenvalue weighted by atomic mass is 19.3. The van der Waals surface area contributed by atoms with Crippen LogP contribution in [0, 0.1) is 0 Å². The summed E-state index contributed by atoms with van der Waals surface area (Å²) in [5, 5.41) is 10.4. The highest BCUT2D eigenvalue weighted by Crippen LogP contribution is 2.40. The summed E-state index contributed by atoms with van der Waals surface area (Å²) in [5.41, 5.74) is 1.19. The van der Waals surface area contributed by atoms with Crippen molar-refractivity contribution in [2.24, 2.45) is 0 Å². The smallest absolute Gasteiger partial charge is 0.387 e. The number of phenols is 1. The molecule has 3 rings (SSSR count). The van der Waals surface area contributed by atoms with Crippen molar-refractivity contribution < 1.29 is 28.2 Å². The van der Waals surface area contributed by atoms with Crippen LogP contribution in [0.3, 0.4) is 0 Å². The molecule has 0 unspecified atom stereocenters. The average Bonchev–Trinajstić information content (AvgIpc) is 3.01. The topological polar surface area (TPSA) is 59.0 Å². The Morgan fingerprint density at radius 1 is 1.13 bits per heavy atom. The van der Waals surface area contributed by atoms with E-state index in [4.69, 9.17) is 4.74 Å². The number of para-hydroxylation sites is 1. The number of ketones is 1. The first-order chi connectivity index (χ1) is 14.4. The van der Waals surface area contributed by atoms with E-state index in [2.05, 4.69) is 23.5 Å². The Morgan fingerprint density at radius 2 is 1.83 bits per heavy atom. The Morgan fingerprint density at radius 3 is 2.50 bits per heavy atom. The number of fused-ring (bicyclic) bond motifs is 1. The molecule has 160 valence electrons. The van der Waals surface area contributed by atoms with Gasteiger partial charge in [-0.3, -0.25) is 9.69 Å². The van der Waals surface area contributed by atoms with E-state index < -0.39 is 6.61 Å². The van der Waals surface area contributed by atoms with E-state index in [1.165, 1.54) is 24.3 Å². The number of Topliss-reactive ketones (excluding diaryl/α,β-unsaturated/α-hetero) is 1. The molecule has 0 saturated heterocycles. The maximum Gasteiger partial charge on any atom is 0.387 e. The predicted octanol–water partition coefficient (Wildman–Crippen LogP) is 5.23. The minimum Gasteiger partial charge on any atom is -0.507 e. The number of benzene rings is 2. The van der Waals surface area contributed by atoms with Gasteiger partial charge in [-0.2, -0.15) is 8.78 Å². The fourth-order valence-corrected chi connectivity index (χ4v) is 3.52. The lowest BCUT2D eigenvalue weighted by atomic mass is 10.0. The molecular formula is C23H25F2NO4. The number of hydrogen-bond acceptors (Lipinski definition) is 5. The van der Waals surface area contributed by atoms with Crippen LogP contribution in [0.4, 0.5) is 8.78 Å². The SMILES string of the molecule is CCCN(CCC)Cc1c(O)ccc2c1O/C(=C/c1ccccc1OC(F)F)C2=O. The van der Waals surface area contributed by atoms with Gasteiger partial charge in [0.1, 0.15) is 17.2 Å². The van der Waals surface area contributed by atoms with Crippen molar-refractivity contribution in [3.05, 3.63) is 58.8 Å². The van der Waals surface area contributed by atoms with Gasteiger partial charge >= 0.3 is 6.61 Å². The number of hydrogen-bond donors (Lipinski definition) is 1. The number of phenolic OH excluding ortho intramolecular Hbond substituents is 1. The molecule has 0 aliphatic carbocycles. The van der Waals surface area contributed by atoms with Gasteiger partial charge in [-0.1, -0.05) is 32.0 Å². The quantitative estimate of drug-likeness (QED) is 0.566. The molecule has 0 atom stereocenters. The third-order valence-corrected chi connectivity index (χ3v) is 4.80. The fraction of sp³-hybridized carbons (Fsp3) is 0.348. The lowest BCUT2D eigenvalue weighted by Crippen LogP contribution is -2.25. The van der Waals surface area contributed by atoms with Crippen molar-refractivity contribution in [1.82, 2.24) is 4.90 Å². The van der Waals surface area contributed by atoms with Crippen LogP contribution in [0.25, 0.3) is 6.08 Å². The number of carbonyl (C=O) groups excluding carboxylic acids is 1. The standard InChI is InChI=1S/C23H25F2NO4/c1-3-11-26(12-4-2)14-17-18(27)10-9-16-21(28)20(29-22(16)17)13-15-7-5-6-8-19(15)30-23(24)25/h5-10,13,23,27H,3-4,11-12,14H2,1-2H3/b20-13+. The molecule has 1 N–H and O–H groups in total. The zero-order valence-electron chi connectivity index (χ0n) is 17.0. The van der Waals surface area contributed by atoms with Crippen LogP contribution in [0.15, 0.2) is 42.2 Å². The molecule has 0 radical (unpaired) electrons. The molecule has 1 aliphatic rings. The number of alkyl halides is 2. The largest absolute Gasteiger partial charge is 0.507 e. The Labute approximate surface area is 174 Å². The summed E-state index contributed by atoms with van der Waals surface area (Å²) < 4.78 is 35.7. The van der Waals surface area contributed by atoms with Gasteiger partial charge in [0.15, 0.2) is 5.76 Å². The molecule has 0 spiro atoms. The molecule has 2 aromatic rings. The number of halogens is 2. The van der Waals surface area contributed by atoms with Crippen molar-refractivity contribution in [3.63, 3.8) is 0 Å². The summed E-state index contributed by atoms with van der Waals surface area (Å²) in [4.78, 5) is 15.0. The third-order valence-electron chi connectivity index (χ3n) is 4.80. The Kier molecular flexibility index (Phi) is 7.05. The van der Waals surface area contributed by atoms with Crippen LogP contribution in [-0.4, -0.2) is 35.5 Å². The van der Waals surface area contributed by atoms with Gasteiger partial charge < -0.3 is 14.6 Å². The molecule has 1 heterocycles. The van der Waals surface area contributed by atoms with Gasteiger partial charge in [0.05, 0.1) is 11.1 Å². The minimum absolute atomic E-state index is 0.000278. The van der Waals surface area contributed by atoms with E-state index in [-0.39, 0.29) is 23.0 Å². The summed E-state index contributed by atoms with van der Waals surface area (Å²) in [6.45, 7) is 3.34. The second-order valence-electron chi connectivity index (χ2n) is 7.07. The average molecular weight is 417 g/mol. The maximum absolute atomic E-state index is 12.9. The van der Waals surface area contributed by atoms with E-state index in [1.807, 2.05) is 0 Å². The first-order valence-electron chi connectivity index (χ1n) is 9.99. The fourth-order valence-electron chi connectivity index (χ4n) is 3.52. The number of ether oxygens (including phenoxy) is 2. The second-order valence-corrected chi connectivity index (χ2v) is 7.07. The van der Waals surface area contributed by atoms with E-state index in [9.17, 15) is 18.7 Å². The Bertz CT molecular complexity index is 937. The van der Waals surface area contributed by atoms with Crippen molar-refractivity contribution in [2.75, 3.05) is 13.1 Å². The minimum atomic E-state index is -2.98. The van der Waals surface area contributed by atoms with E-state index >= 15 is 0 Å². The number of nitrogens with zero attached hydrogens (tertiary/aromatic N) is 1. The molecule has 0 bridgehead atoms. The zero-order chi connectivity index (χ0) is 21.7. The lowest BCUT2D eigenvalue weighted by Gasteiger charge is -2.22. The normalized spacial score (nSPS) is 14.5. The summed E-state index contributed by atoms with van der Waals surface area (Å²) in [5.74, 6) is -0.0417. The van der Waals surface area contributed by atoms with Gasteiger partial charge in [0.25, 0.3) is 0 Å². The first-order valence-corrected chi connectivity index (χ1v) is 9.99. The van der Waals surface area contributed by atoms with Crippen LogP contribution >= 0.6 is 0 Å². The van der Waals surface area contributed by atoms with Crippen molar-refractivity contribution in [2.45, 2.75) is 39.8 Å². The van der Waals surface area contributed by atoms with Crippen LogP contribution < -0.4 is 9.47 Å². The number of allylic oxidation sites excluding steroid dienone is 1. The summed E-state index contributed by atoms with van der Waals surface area (Å²) in [6, 6.07) is 9.19. The Hall–Kier alpha value is -2.93. The van der Waals surface area contributed by atoms with Crippen LogP contribution in [-0.2, 0) is 6.54 Å². The van der Waals surface area contributed by atoms with Crippen LogP contribution in [0.2, 0.25) is 0 Å². The second kappa shape index (κ2) is 9.71. The molecular weight excluding hydrogens is 392 g/mol. The molecule has 0 saturated carbocycles. The predicted molar refractivity (Wildman–Crippen MR) is 110 cm³/mol. The van der Waals surface area contributed by atoms with Crippen LogP contribution in [0.5, 0.6) is 17.2 Å². The highest BCUT2D eigenvalue weighted by Gasteiger charge is 2.32. The van der Waals surface area contributed by atoms with Crippen molar-refractivity contribution >= 4 is 11.9 Å². The molecule has 5 nitrogen and oxygen atoms in total. The maximum atomic E-state index is 12.9. The van der Waals surface area contributed by atoms with E-state index in [0.717, 1.165) is 25.9 Å². The molecule has 1 aliphatic heterocycles. The van der Waals surface area contributed by atoms with Crippen LogP contribution in [0.1, 0.15) is 48.2 Å². The van der Waals surface area contributed by atoms with Gasteiger partial charge in [0, 0.05) is 12.1 Å². The van der Waals surface area contributed by atoms with Gasteiger partial charge in [0.2, 0.25) is 5.78 Å². The third kappa shape index (κ3) is 4.79. The van der Waals surface area contributed by atoms with E-state index in [0.29, 0.717) is 29.0 Å². The lowest BCUT2D eigenvalue weighted by molar-refractivity contribution is -0.0499. The van der Waals surface area contributed by atoms with Gasteiger partial charge in [-0.25, -0.2) is 0 Å². The molecule has 2 aromatic carbocycles. The number of aromatic hydroxyl groups is 1. The highest BCUT2D eigenvalue weighted by molar-refractivity contribution is 6.15. The molecule has 0 aromatic heterocycles. The monoisotopic (exact) mass is 417 g/mol. The number of carbonyl (C=O) groups is 1. The molecule has 30 heavy (non-hydrogen) atoms. The zero-order valence-corrected chi connectivity index (χ0v) is 17.0. The van der Waals surface area contributed by atoms with E-state index in [1.54, 1.807) is 18.2 Å². The molecule has 0 fully saturated rings. The Balaban J connectivity index is 1.94. The first kappa shape index (κ1) is 21.8. The van der Waals surface area contributed by atoms with Crippen molar-refractivity contribution in [1.29, 1.82) is 0 Å². The van der Waals surface area contributed by atoms with Gasteiger partial charge in [-0.05, 0) is 50.2 Å². The summed E-state index contributed by atoms with van der Waals surface area (Å²) in [7, 11) is 0. The molecule has 7 heteroatoms. The summed E-state index contributed by atoms with van der Waals surface area (Å²) in [6.07, 6.45) is 3.31. The van der Waals surface area contributed by atoms with Gasteiger partial charge in [-0.15, -0.1) is 0 Å². The summed E-state index contributed by atoms with van der Waals surface area (Å²) >= 11 is 0. The molecule has 0 amide bonds. The number of rotatable bonds is 9.